The lowest BCUT2D eigenvalue weighted by Gasteiger charge is -2.37. The molecule has 1 atom stereocenters. The van der Waals surface area contributed by atoms with Crippen molar-refractivity contribution in [1.82, 2.24) is 4.90 Å². The first-order chi connectivity index (χ1) is 9.76. The minimum Gasteiger partial charge on any atom is -0.368 e. The number of anilines is 1. The number of rotatable bonds is 2. The van der Waals surface area contributed by atoms with Gasteiger partial charge in [0.25, 0.3) is 0 Å². The van der Waals surface area contributed by atoms with Gasteiger partial charge < -0.3 is 9.80 Å². The van der Waals surface area contributed by atoms with E-state index >= 15 is 0 Å². The fourth-order valence-corrected chi connectivity index (χ4v) is 4.23. The van der Waals surface area contributed by atoms with Crippen LogP contribution < -0.4 is 4.90 Å². The third-order valence-corrected chi connectivity index (χ3v) is 6.25. The minimum atomic E-state index is 0.625. The van der Waals surface area contributed by atoms with E-state index in [0.717, 1.165) is 38.1 Å². The summed E-state index contributed by atoms with van der Waals surface area (Å²) >= 11 is 5.48. The Labute approximate surface area is 133 Å². The molecule has 3 rings (SSSR count). The highest BCUT2D eigenvalue weighted by atomic mass is 79.9. The predicted octanol–water partition coefficient (Wildman–Crippen LogP) is 2.98. The average Bonchev–Trinajstić information content (AvgIpc) is 2.96. The smallest absolute Gasteiger partial charge is 0.159 e. The van der Waals surface area contributed by atoms with Crippen LogP contribution in [-0.4, -0.2) is 53.4 Å². The van der Waals surface area contributed by atoms with Crippen molar-refractivity contribution in [1.29, 1.82) is 0 Å². The van der Waals surface area contributed by atoms with E-state index in [2.05, 4.69) is 61.9 Å². The summed E-state index contributed by atoms with van der Waals surface area (Å²) in [6.07, 6.45) is 0. The van der Waals surface area contributed by atoms with Gasteiger partial charge in [-0.05, 0) is 24.6 Å². The van der Waals surface area contributed by atoms with Gasteiger partial charge in [-0.1, -0.05) is 39.8 Å². The highest BCUT2D eigenvalue weighted by Crippen LogP contribution is 2.26. The van der Waals surface area contributed by atoms with E-state index in [1.165, 1.54) is 16.4 Å². The second kappa shape index (κ2) is 6.39. The predicted molar refractivity (Wildman–Crippen MR) is 92.4 cm³/mol. The number of thioether (sulfide) groups is 1. The maximum Gasteiger partial charge on any atom is 0.159 e. The summed E-state index contributed by atoms with van der Waals surface area (Å²) in [4.78, 5) is 9.60. The van der Waals surface area contributed by atoms with Gasteiger partial charge in [0.2, 0.25) is 0 Å². The molecule has 1 unspecified atom stereocenters. The number of hydrogen-bond acceptors (Lipinski definition) is 4. The Balaban J connectivity index is 1.57. The highest BCUT2D eigenvalue weighted by Gasteiger charge is 2.26. The molecule has 0 aliphatic carbocycles. The fourth-order valence-electron chi connectivity index (χ4n) is 2.64. The van der Waals surface area contributed by atoms with Crippen molar-refractivity contribution in [3.63, 3.8) is 0 Å². The SMILES string of the molecule is Cc1cccc(N2CCN(C3=NCC(CBr)S3)CC2)c1. The zero-order chi connectivity index (χ0) is 13.9. The number of amidine groups is 1. The van der Waals surface area contributed by atoms with E-state index < -0.39 is 0 Å². The van der Waals surface area contributed by atoms with Crippen molar-refractivity contribution in [2.75, 3.05) is 43.0 Å². The Morgan fingerprint density at radius 3 is 2.65 bits per heavy atom. The van der Waals surface area contributed by atoms with Gasteiger partial charge in [0.1, 0.15) is 0 Å². The molecule has 2 aliphatic heterocycles. The molecule has 3 nitrogen and oxygen atoms in total. The molecule has 1 aromatic rings. The van der Waals surface area contributed by atoms with E-state index in [1.54, 1.807) is 0 Å². The van der Waals surface area contributed by atoms with Gasteiger partial charge in [0.05, 0.1) is 6.54 Å². The second-order valence-corrected chi connectivity index (χ2v) is 7.25. The van der Waals surface area contributed by atoms with Crippen LogP contribution in [0.4, 0.5) is 5.69 Å². The largest absolute Gasteiger partial charge is 0.368 e. The molecule has 108 valence electrons. The number of benzene rings is 1. The molecule has 5 heteroatoms. The molecular formula is C15H20BrN3S. The molecule has 0 spiro atoms. The summed E-state index contributed by atoms with van der Waals surface area (Å²) < 4.78 is 0. The zero-order valence-electron chi connectivity index (χ0n) is 11.8. The zero-order valence-corrected chi connectivity index (χ0v) is 14.2. The number of piperazine rings is 1. The van der Waals surface area contributed by atoms with Crippen molar-refractivity contribution >= 4 is 38.5 Å². The van der Waals surface area contributed by atoms with Crippen LogP contribution in [0.5, 0.6) is 0 Å². The van der Waals surface area contributed by atoms with Gasteiger partial charge in [-0.15, -0.1) is 0 Å². The van der Waals surface area contributed by atoms with Crippen molar-refractivity contribution in [3.8, 4) is 0 Å². The van der Waals surface area contributed by atoms with Crippen LogP contribution in [0.3, 0.4) is 0 Å². The van der Waals surface area contributed by atoms with Crippen LogP contribution in [0.25, 0.3) is 0 Å². The molecule has 20 heavy (non-hydrogen) atoms. The summed E-state index contributed by atoms with van der Waals surface area (Å²) in [5, 5.41) is 2.91. The molecule has 0 aromatic heterocycles. The third-order valence-electron chi connectivity index (χ3n) is 3.79. The van der Waals surface area contributed by atoms with Gasteiger partial charge in [0.15, 0.2) is 5.17 Å². The lowest BCUT2D eigenvalue weighted by atomic mass is 10.2. The summed E-state index contributed by atoms with van der Waals surface area (Å²) in [5.41, 5.74) is 2.69. The molecule has 0 amide bonds. The monoisotopic (exact) mass is 353 g/mol. The Bertz CT molecular complexity index is 498. The Hall–Kier alpha value is -0.680. The van der Waals surface area contributed by atoms with Crippen LogP contribution in [0.2, 0.25) is 0 Å². The number of halogens is 1. The molecule has 2 heterocycles. The highest BCUT2D eigenvalue weighted by molar-refractivity contribution is 9.09. The van der Waals surface area contributed by atoms with Crippen molar-refractivity contribution in [3.05, 3.63) is 29.8 Å². The van der Waals surface area contributed by atoms with Gasteiger partial charge in [-0.3, -0.25) is 4.99 Å². The minimum absolute atomic E-state index is 0.625. The number of hydrogen-bond donors (Lipinski definition) is 0. The van der Waals surface area contributed by atoms with Crippen molar-refractivity contribution < 1.29 is 0 Å². The Kier molecular flexibility index (Phi) is 4.56. The first kappa shape index (κ1) is 14.3. The van der Waals surface area contributed by atoms with Crippen LogP contribution >= 0.6 is 27.7 Å². The van der Waals surface area contributed by atoms with E-state index in [9.17, 15) is 0 Å². The molecule has 1 saturated heterocycles. The van der Waals surface area contributed by atoms with Crippen LogP contribution in [0.1, 0.15) is 5.56 Å². The topological polar surface area (TPSA) is 18.8 Å². The lowest BCUT2D eigenvalue weighted by molar-refractivity contribution is 0.392. The van der Waals surface area contributed by atoms with Crippen LogP contribution in [0, 0.1) is 6.92 Å². The van der Waals surface area contributed by atoms with Gasteiger partial charge >= 0.3 is 0 Å². The summed E-state index contributed by atoms with van der Waals surface area (Å²) in [7, 11) is 0. The first-order valence-electron chi connectivity index (χ1n) is 7.10. The molecular weight excluding hydrogens is 334 g/mol. The normalized spacial score (nSPS) is 23.1. The quantitative estimate of drug-likeness (QED) is 0.761. The Morgan fingerprint density at radius 2 is 2.00 bits per heavy atom. The molecule has 0 saturated carbocycles. The number of aliphatic imine (C=N–C) groups is 1. The maximum atomic E-state index is 4.68. The third kappa shape index (κ3) is 3.14. The summed E-state index contributed by atoms with van der Waals surface area (Å²) in [6.45, 7) is 7.45. The molecule has 0 bridgehead atoms. The van der Waals surface area contributed by atoms with E-state index in [4.69, 9.17) is 0 Å². The average molecular weight is 354 g/mol. The summed E-state index contributed by atoms with van der Waals surface area (Å²) in [5.74, 6) is 0. The summed E-state index contributed by atoms with van der Waals surface area (Å²) in [6, 6.07) is 8.79. The maximum absolute atomic E-state index is 4.68. The molecule has 2 aliphatic rings. The fraction of sp³-hybridized carbons (Fsp3) is 0.533. The van der Waals surface area contributed by atoms with Gasteiger partial charge in [-0.25, -0.2) is 0 Å². The molecule has 0 N–H and O–H groups in total. The first-order valence-corrected chi connectivity index (χ1v) is 9.10. The molecule has 1 aromatic carbocycles. The lowest BCUT2D eigenvalue weighted by Crippen LogP contribution is -2.48. The second-order valence-electron chi connectivity index (χ2n) is 5.33. The molecule has 0 radical (unpaired) electrons. The van der Waals surface area contributed by atoms with Crippen molar-refractivity contribution in [2.24, 2.45) is 4.99 Å². The standard InChI is InChI=1S/C15H20BrN3S/c1-12-3-2-4-13(9-12)18-5-7-19(8-6-18)15-17-11-14(10-16)20-15/h2-4,9,14H,5-8,10-11H2,1H3. The Morgan fingerprint density at radius 1 is 1.25 bits per heavy atom. The van der Waals surface area contributed by atoms with Crippen LogP contribution in [0.15, 0.2) is 29.3 Å². The van der Waals surface area contributed by atoms with Crippen molar-refractivity contribution in [2.45, 2.75) is 12.2 Å². The van der Waals surface area contributed by atoms with Gasteiger partial charge in [-0.2, -0.15) is 0 Å². The molecule has 1 fully saturated rings. The van der Waals surface area contributed by atoms with Gasteiger partial charge in [0, 0.05) is 42.4 Å². The van der Waals surface area contributed by atoms with Crippen LogP contribution in [-0.2, 0) is 0 Å². The number of aryl methyl sites for hydroxylation is 1. The number of nitrogens with zero attached hydrogens (tertiary/aromatic N) is 3. The van der Waals surface area contributed by atoms with E-state index in [-0.39, 0.29) is 0 Å². The van der Waals surface area contributed by atoms with E-state index in [0.29, 0.717) is 5.25 Å². The number of alkyl halides is 1. The van der Waals surface area contributed by atoms with E-state index in [1.807, 2.05) is 11.8 Å².